The van der Waals surface area contributed by atoms with Gasteiger partial charge in [-0.05, 0) is 54.0 Å². The predicted octanol–water partition coefficient (Wildman–Crippen LogP) is 2.45. The van der Waals surface area contributed by atoms with Gasteiger partial charge in [-0.15, -0.1) is 0 Å². The number of hydrogen-bond donors (Lipinski definition) is 1. The van der Waals surface area contributed by atoms with Crippen molar-refractivity contribution in [3.63, 3.8) is 0 Å². The molecule has 0 radical (unpaired) electrons. The summed E-state index contributed by atoms with van der Waals surface area (Å²) in [5, 5.41) is 14.3. The van der Waals surface area contributed by atoms with Gasteiger partial charge in [-0.3, -0.25) is 4.68 Å². The standard InChI is InChI=1S/C12H19BrN2O/c1-3-9-12(13)10(15(2)14-9)6-7-11(16)8-4-5-8/h8,11,16H,3-7H2,1-2H3. The maximum absolute atomic E-state index is 9.85. The summed E-state index contributed by atoms with van der Waals surface area (Å²) in [6, 6.07) is 0. The van der Waals surface area contributed by atoms with E-state index in [2.05, 4.69) is 28.0 Å². The van der Waals surface area contributed by atoms with Gasteiger partial charge < -0.3 is 5.11 Å². The lowest BCUT2D eigenvalue weighted by Gasteiger charge is -2.09. The van der Waals surface area contributed by atoms with Gasteiger partial charge in [-0.1, -0.05) is 6.92 Å². The van der Waals surface area contributed by atoms with Crippen molar-refractivity contribution in [2.45, 2.75) is 45.1 Å². The fraction of sp³-hybridized carbons (Fsp3) is 0.750. The van der Waals surface area contributed by atoms with Crippen LogP contribution in [0.4, 0.5) is 0 Å². The Morgan fingerprint density at radius 2 is 2.25 bits per heavy atom. The zero-order valence-electron chi connectivity index (χ0n) is 9.91. The second kappa shape index (κ2) is 4.88. The predicted molar refractivity (Wildman–Crippen MR) is 67.3 cm³/mol. The second-order valence-corrected chi connectivity index (χ2v) is 5.42. The molecule has 2 rings (SSSR count). The summed E-state index contributed by atoms with van der Waals surface area (Å²) in [7, 11) is 1.97. The third-order valence-electron chi connectivity index (χ3n) is 3.35. The Bertz CT molecular complexity index is 371. The lowest BCUT2D eigenvalue weighted by atomic mass is 10.1. The highest BCUT2D eigenvalue weighted by atomic mass is 79.9. The molecule has 1 aromatic rings. The summed E-state index contributed by atoms with van der Waals surface area (Å²) < 4.78 is 3.06. The first-order valence-corrected chi connectivity index (χ1v) is 6.81. The highest BCUT2D eigenvalue weighted by Gasteiger charge is 2.29. The number of rotatable bonds is 5. The van der Waals surface area contributed by atoms with Crippen molar-refractivity contribution in [3.05, 3.63) is 15.9 Å². The van der Waals surface area contributed by atoms with Crippen LogP contribution in [-0.2, 0) is 19.9 Å². The van der Waals surface area contributed by atoms with Crippen LogP contribution in [0.2, 0.25) is 0 Å². The lowest BCUT2D eigenvalue weighted by molar-refractivity contribution is 0.141. The van der Waals surface area contributed by atoms with Crippen molar-refractivity contribution in [3.8, 4) is 0 Å². The average Bonchev–Trinajstić information content (AvgIpc) is 3.05. The van der Waals surface area contributed by atoms with Crippen molar-refractivity contribution in [2.24, 2.45) is 13.0 Å². The molecule has 1 aliphatic carbocycles. The number of aliphatic hydroxyl groups excluding tert-OH is 1. The molecule has 0 spiro atoms. The molecule has 0 aromatic carbocycles. The Kier molecular flexibility index (Phi) is 3.70. The third-order valence-corrected chi connectivity index (χ3v) is 4.26. The first-order chi connectivity index (χ1) is 7.63. The lowest BCUT2D eigenvalue weighted by Crippen LogP contribution is -2.11. The van der Waals surface area contributed by atoms with Gasteiger partial charge in [0.2, 0.25) is 0 Å². The summed E-state index contributed by atoms with van der Waals surface area (Å²) in [6.07, 6.45) is 4.99. The molecule has 1 N–H and O–H groups in total. The number of halogens is 1. The van der Waals surface area contributed by atoms with Crippen LogP contribution < -0.4 is 0 Å². The summed E-state index contributed by atoms with van der Waals surface area (Å²) in [6.45, 7) is 2.11. The van der Waals surface area contributed by atoms with Crippen molar-refractivity contribution in [1.82, 2.24) is 9.78 Å². The molecule has 1 unspecified atom stereocenters. The molecule has 0 bridgehead atoms. The van der Waals surface area contributed by atoms with Crippen LogP contribution in [0.3, 0.4) is 0 Å². The molecule has 0 aliphatic heterocycles. The van der Waals surface area contributed by atoms with Crippen LogP contribution in [0.25, 0.3) is 0 Å². The Morgan fingerprint density at radius 1 is 1.56 bits per heavy atom. The first-order valence-electron chi connectivity index (χ1n) is 6.01. The van der Waals surface area contributed by atoms with Gasteiger partial charge in [0.15, 0.2) is 0 Å². The summed E-state index contributed by atoms with van der Waals surface area (Å²) in [5.41, 5.74) is 2.31. The molecule has 3 nitrogen and oxygen atoms in total. The van der Waals surface area contributed by atoms with Gasteiger partial charge >= 0.3 is 0 Å². The quantitative estimate of drug-likeness (QED) is 0.903. The Hall–Kier alpha value is -0.350. The topological polar surface area (TPSA) is 38.0 Å². The molecule has 90 valence electrons. The van der Waals surface area contributed by atoms with E-state index >= 15 is 0 Å². The second-order valence-electron chi connectivity index (χ2n) is 4.63. The third kappa shape index (κ3) is 2.48. The first kappa shape index (κ1) is 12.1. The molecule has 16 heavy (non-hydrogen) atoms. The molecular weight excluding hydrogens is 268 g/mol. The van der Waals surface area contributed by atoms with Crippen LogP contribution in [0.15, 0.2) is 4.47 Å². The van der Waals surface area contributed by atoms with Crippen LogP contribution in [0.5, 0.6) is 0 Å². The van der Waals surface area contributed by atoms with Gasteiger partial charge in [0.05, 0.1) is 22.0 Å². The van der Waals surface area contributed by atoms with Gasteiger partial charge in [0.25, 0.3) is 0 Å². The molecule has 1 atom stereocenters. The van der Waals surface area contributed by atoms with E-state index in [9.17, 15) is 5.11 Å². The molecule has 0 saturated heterocycles. The van der Waals surface area contributed by atoms with E-state index < -0.39 is 0 Å². The number of aryl methyl sites for hydroxylation is 2. The van der Waals surface area contributed by atoms with Gasteiger partial charge in [-0.25, -0.2) is 0 Å². The Balaban J connectivity index is 1.99. The Morgan fingerprint density at radius 3 is 2.75 bits per heavy atom. The molecule has 1 aromatic heterocycles. The van der Waals surface area contributed by atoms with Gasteiger partial charge in [-0.2, -0.15) is 5.10 Å². The molecule has 1 aliphatic rings. The van der Waals surface area contributed by atoms with E-state index in [-0.39, 0.29) is 6.10 Å². The van der Waals surface area contributed by atoms with Crippen molar-refractivity contribution in [2.75, 3.05) is 0 Å². The van der Waals surface area contributed by atoms with E-state index in [1.165, 1.54) is 18.5 Å². The highest BCUT2D eigenvalue weighted by Crippen LogP contribution is 2.34. The van der Waals surface area contributed by atoms with Gasteiger partial charge in [0, 0.05) is 7.05 Å². The zero-order chi connectivity index (χ0) is 11.7. The van der Waals surface area contributed by atoms with E-state index in [4.69, 9.17) is 0 Å². The largest absolute Gasteiger partial charge is 0.393 e. The summed E-state index contributed by atoms with van der Waals surface area (Å²) >= 11 is 3.60. The van der Waals surface area contributed by atoms with Crippen LogP contribution in [-0.4, -0.2) is 21.0 Å². The molecule has 1 saturated carbocycles. The van der Waals surface area contributed by atoms with Crippen molar-refractivity contribution >= 4 is 15.9 Å². The fourth-order valence-electron chi connectivity index (χ4n) is 2.09. The Labute approximate surface area is 105 Å². The maximum Gasteiger partial charge on any atom is 0.0766 e. The van der Waals surface area contributed by atoms with Crippen LogP contribution in [0, 0.1) is 5.92 Å². The molecule has 4 heteroatoms. The molecular formula is C12H19BrN2O. The van der Waals surface area contributed by atoms with E-state index in [1.54, 1.807) is 0 Å². The molecule has 1 fully saturated rings. The van der Waals surface area contributed by atoms with E-state index in [0.29, 0.717) is 5.92 Å². The van der Waals surface area contributed by atoms with E-state index in [0.717, 1.165) is 29.4 Å². The molecule has 0 amide bonds. The number of aliphatic hydroxyl groups is 1. The number of nitrogens with zero attached hydrogens (tertiary/aromatic N) is 2. The smallest absolute Gasteiger partial charge is 0.0766 e. The highest BCUT2D eigenvalue weighted by molar-refractivity contribution is 9.10. The van der Waals surface area contributed by atoms with Crippen LogP contribution in [0.1, 0.15) is 37.6 Å². The van der Waals surface area contributed by atoms with Crippen molar-refractivity contribution in [1.29, 1.82) is 0 Å². The normalized spacial score (nSPS) is 17.8. The SMILES string of the molecule is CCc1nn(C)c(CCC(O)C2CC2)c1Br. The van der Waals surface area contributed by atoms with Crippen molar-refractivity contribution < 1.29 is 5.11 Å². The van der Waals surface area contributed by atoms with Gasteiger partial charge in [0.1, 0.15) is 0 Å². The summed E-state index contributed by atoms with van der Waals surface area (Å²) in [4.78, 5) is 0. The minimum atomic E-state index is -0.119. The summed E-state index contributed by atoms with van der Waals surface area (Å²) in [5.74, 6) is 0.567. The average molecular weight is 287 g/mol. The maximum atomic E-state index is 9.85. The zero-order valence-corrected chi connectivity index (χ0v) is 11.5. The fourth-order valence-corrected chi connectivity index (χ4v) is 2.91. The van der Waals surface area contributed by atoms with E-state index in [1.807, 2.05) is 11.7 Å². The number of hydrogen-bond acceptors (Lipinski definition) is 2. The monoisotopic (exact) mass is 286 g/mol. The minimum Gasteiger partial charge on any atom is -0.393 e. The minimum absolute atomic E-state index is 0.119. The van der Waals surface area contributed by atoms with Crippen LogP contribution >= 0.6 is 15.9 Å². The molecule has 1 heterocycles. The number of aromatic nitrogens is 2.